The number of nitriles is 2. The van der Waals surface area contributed by atoms with Crippen LogP contribution in [0.5, 0.6) is 0 Å². The third-order valence-corrected chi connectivity index (χ3v) is 3.22. The molecule has 0 N–H and O–H groups in total. The van der Waals surface area contributed by atoms with E-state index in [9.17, 15) is 0 Å². The zero-order chi connectivity index (χ0) is 13.8. The van der Waals surface area contributed by atoms with E-state index in [-0.39, 0.29) is 0 Å². The van der Waals surface area contributed by atoms with E-state index in [0.29, 0.717) is 6.42 Å². The second-order valence-corrected chi connectivity index (χ2v) is 4.63. The third-order valence-electron chi connectivity index (χ3n) is 3.22. The van der Waals surface area contributed by atoms with Gasteiger partial charge in [0.05, 0.1) is 12.1 Å². The average Bonchev–Trinajstić information content (AvgIpc) is 2.76. The Morgan fingerprint density at radius 2 is 1.47 bits per heavy atom. The van der Waals surface area contributed by atoms with E-state index in [2.05, 4.69) is 30.5 Å². The summed E-state index contributed by atoms with van der Waals surface area (Å²) in [6, 6.07) is 16.2. The van der Waals surface area contributed by atoms with Crippen LogP contribution in [0.2, 0.25) is 0 Å². The largest absolute Gasteiger partial charge is 0.319 e. The van der Waals surface area contributed by atoms with Crippen molar-refractivity contribution < 1.29 is 0 Å². The minimum absolute atomic E-state index is 0.483. The van der Waals surface area contributed by atoms with Crippen molar-refractivity contribution >= 4 is 0 Å². The number of aromatic nitrogens is 1. The zero-order valence-electron chi connectivity index (χ0n) is 11.1. The minimum atomic E-state index is -0.569. The van der Waals surface area contributed by atoms with Gasteiger partial charge in [0, 0.05) is 23.5 Å². The second kappa shape index (κ2) is 5.42. The number of benzene rings is 1. The number of nitrogens with zero attached hydrogens (tertiary/aromatic N) is 3. The standard InChI is InChI=1S/C16H15N3/c1-12-3-4-13(2)19(12)16-7-5-14(6-8-16)9-15(10-17)11-18/h3-8,15H,9H2,1-2H3. The quantitative estimate of drug-likeness (QED) is 0.838. The molecule has 3 heteroatoms. The predicted octanol–water partition coefficient (Wildman–Crippen LogP) is 3.30. The van der Waals surface area contributed by atoms with E-state index in [1.807, 2.05) is 36.4 Å². The van der Waals surface area contributed by atoms with Crippen molar-refractivity contribution in [2.24, 2.45) is 5.92 Å². The first-order valence-corrected chi connectivity index (χ1v) is 6.19. The van der Waals surface area contributed by atoms with Gasteiger partial charge in [0.2, 0.25) is 0 Å². The van der Waals surface area contributed by atoms with Crippen LogP contribution in [-0.4, -0.2) is 4.57 Å². The van der Waals surface area contributed by atoms with Crippen LogP contribution in [0.3, 0.4) is 0 Å². The van der Waals surface area contributed by atoms with Crippen molar-refractivity contribution in [3.8, 4) is 17.8 Å². The smallest absolute Gasteiger partial charge is 0.137 e. The SMILES string of the molecule is Cc1ccc(C)n1-c1ccc(CC(C#N)C#N)cc1. The summed E-state index contributed by atoms with van der Waals surface area (Å²) >= 11 is 0. The number of hydrogen-bond acceptors (Lipinski definition) is 2. The van der Waals surface area contributed by atoms with Crippen LogP contribution in [0.15, 0.2) is 36.4 Å². The van der Waals surface area contributed by atoms with Crippen LogP contribution in [-0.2, 0) is 6.42 Å². The molecule has 0 aliphatic rings. The van der Waals surface area contributed by atoms with Gasteiger partial charge in [-0.05, 0) is 43.7 Å². The molecule has 0 atom stereocenters. The molecule has 2 rings (SSSR count). The van der Waals surface area contributed by atoms with Crippen molar-refractivity contribution in [1.29, 1.82) is 10.5 Å². The van der Waals surface area contributed by atoms with Crippen LogP contribution >= 0.6 is 0 Å². The first kappa shape index (κ1) is 12.9. The van der Waals surface area contributed by atoms with Crippen LogP contribution in [0, 0.1) is 42.4 Å². The van der Waals surface area contributed by atoms with Crippen molar-refractivity contribution in [1.82, 2.24) is 4.57 Å². The molecule has 3 nitrogen and oxygen atoms in total. The van der Waals surface area contributed by atoms with Crippen LogP contribution in [0.25, 0.3) is 5.69 Å². The lowest BCUT2D eigenvalue weighted by atomic mass is 10.0. The van der Waals surface area contributed by atoms with Crippen LogP contribution in [0.4, 0.5) is 0 Å². The summed E-state index contributed by atoms with van der Waals surface area (Å²) in [6.45, 7) is 4.14. The summed E-state index contributed by atoms with van der Waals surface area (Å²) in [7, 11) is 0. The third kappa shape index (κ3) is 2.67. The summed E-state index contributed by atoms with van der Waals surface area (Å²) in [4.78, 5) is 0. The predicted molar refractivity (Wildman–Crippen MR) is 73.7 cm³/mol. The molecule has 0 radical (unpaired) electrons. The highest BCUT2D eigenvalue weighted by Gasteiger charge is 2.08. The van der Waals surface area contributed by atoms with E-state index in [0.717, 1.165) is 11.3 Å². The molecule has 0 amide bonds. The van der Waals surface area contributed by atoms with E-state index < -0.39 is 5.92 Å². The Kier molecular flexibility index (Phi) is 3.68. The molecule has 0 bridgehead atoms. The van der Waals surface area contributed by atoms with Gasteiger partial charge < -0.3 is 4.57 Å². The lowest BCUT2D eigenvalue weighted by Crippen LogP contribution is -2.01. The molecule has 0 aliphatic carbocycles. The molecule has 19 heavy (non-hydrogen) atoms. The monoisotopic (exact) mass is 249 g/mol. The molecule has 94 valence electrons. The molecule has 0 unspecified atom stereocenters. The average molecular weight is 249 g/mol. The first-order valence-electron chi connectivity index (χ1n) is 6.19. The van der Waals surface area contributed by atoms with Crippen molar-refractivity contribution in [3.63, 3.8) is 0 Å². The fraction of sp³-hybridized carbons (Fsp3) is 0.250. The van der Waals surface area contributed by atoms with Gasteiger partial charge in [0.15, 0.2) is 0 Å². The molecule has 0 spiro atoms. The molecule has 0 saturated heterocycles. The lowest BCUT2D eigenvalue weighted by molar-refractivity contribution is 0.832. The number of rotatable bonds is 3. The molecular formula is C16H15N3. The number of aryl methyl sites for hydroxylation is 2. The summed E-state index contributed by atoms with van der Waals surface area (Å²) in [5, 5.41) is 17.6. The maximum absolute atomic E-state index is 8.79. The Morgan fingerprint density at radius 3 is 1.95 bits per heavy atom. The van der Waals surface area contributed by atoms with Crippen molar-refractivity contribution in [2.45, 2.75) is 20.3 Å². The Bertz CT molecular complexity index is 617. The summed E-state index contributed by atoms with van der Waals surface area (Å²) < 4.78 is 2.18. The van der Waals surface area contributed by atoms with E-state index in [1.54, 1.807) is 0 Å². The molecule has 1 aromatic carbocycles. The summed E-state index contributed by atoms with van der Waals surface area (Å²) in [5.74, 6) is -0.569. The maximum atomic E-state index is 8.79. The molecule has 2 aromatic rings. The number of hydrogen-bond donors (Lipinski definition) is 0. The Labute approximate surface area is 113 Å². The van der Waals surface area contributed by atoms with Crippen molar-refractivity contribution in [2.75, 3.05) is 0 Å². The highest BCUT2D eigenvalue weighted by atomic mass is 15.0. The fourth-order valence-electron chi connectivity index (χ4n) is 2.21. The minimum Gasteiger partial charge on any atom is -0.319 e. The second-order valence-electron chi connectivity index (χ2n) is 4.63. The van der Waals surface area contributed by atoms with E-state index in [1.165, 1.54) is 11.4 Å². The normalized spacial score (nSPS) is 10.2. The van der Waals surface area contributed by atoms with E-state index >= 15 is 0 Å². The fourth-order valence-corrected chi connectivity index (χ4v) is 2.21. The topological polar surface area (TPSA) is 52.5 Å². The molecule has 0 aliphatic heterocycles. The molecule has 0 saturated carbocycles. The Morgan fingerprint density at radius 1 is 0.947 bits per heavy atom. The summed E-state index contributed by atoms with van der Waals surface area (Å²) in [5.41, 5.74) is 4.50. The van der Waals surface area contributed by atoms with Gasteiger partial charge in [0.25, 0.3) is 0 Å². The van der Waals surface area contributed by atoms with Gasteiger partial charge in [-0.3, -0.25) is 0 Å². The summed E-state index contributed by atoms with van der Waals surface area (Å²) in [6.07, 6.45) is 0.483. The highest BCUT2D eigenvalue weighted by Crippen LogP contribution is 2.18. The van der Waals surface area contributed by atoms with Gasteiger partial charge in [-0.2, -0.15) is 10.5 Å². The zero-order valence-corrected chi connectivity index (χ0v) is 11.1. The van der Waals surface area contributed by atoms with Crippen LogP contribution in [0.1, 0.15) is 17.0 Å². The first-order chi connectivity index (χ1) is 9.15. The molecular weight excluding hydrogens is 234 g/mol. The van der Waals surface area contributed by atoms with Crippen LogP contribution < -0.4 is 0 Å². The van der Waals surface area contributed by atoms with E-state index in [4.69, 9.17) is 10.5 Å². The van der Waals surface area contributed by atoms with Crippen molar-refractivity contribution in [3.05, 3.63) is 53.3 Å². The molecule has 0 fully saturated rings. The Hall–Kier alpha value is -2.52. The lowest BCUT2D eigenvalue weighted by Gasteiger charge is -2.10. The van der Waals surface area contributed by atoms with Gasteiger partial charge >= 0.3 is 0 Å². The van der Waals surface area contributed by atoms with Gasteiger partial charge in [-0.1, -0.05) is 12.1 Å². The van der Waals surface area contributed by atoms with Gasteiger partial charge in [-0.25, -0.2) is 0 Å². The Balaban J connectivity index is 2.25. The maximum Gasteiger partial charge on any atom is 0.137 e. The highest BCUT2D eigenvalue weighted by molar-refractivity contribution is 5.39. The van der Waals surface area contributed by atoms with Gasteiger partial charge in [0.1, 0.15) is 5.92 Å². The molecule has 1 heterocycles. The molecule has 1 aromatic heterocycles. The van der Waals surface area contributed by atoms with Gasteiger partial charge in [-0.15, -0.1) is 0 Å².